The maximum Gasteiger partial charge on any atom is 0.131 e. The first-order valence-corrected chi connectivity index (χ1v) is 5.74. The molecule has 88 valence electrons. The molecule has 2 nitrogen and oxygen atoms in total. The average Bonchev–Trinajstić information content (AvgIpc) is 2.24. The monoisotopic (exact) mass is 219 g/mol. The van der Waals surface area contributed by atoms with Gasteiger partial charge in [-0.1, -0.05) is 31.4 Å². The number of hydrogen-bond donors (Lipinski definition) is 1. The van der Waals surface area contributed by atoms with Gasteiger partial charge < -0.3 is 5.11 Å². The summed E-state index contributed by atoms with van der Waals surface area (Å²) >= 11 is 0. The van der Waals surface area contributed by atoms with Gasteiger partial charge in [-0.25, -0.2) is 0 Å². The Balaban J connectivity index is 2.79. The third-order valence-corrected chi connectivity index (χ3v) is 3.31. The van der Waals surface area contributed by atoms with Crippen molar-refractivity contribution in [1.82, 2.24) is 4.90 Å². The summed E-state index contributed by atoms with van der Waals surface area (Å²) in [6.07, 6.45) is 4.12. The number of nitrogens with zero attached hydrogens (tertiary/aromatic N) is 1. The van der Waals surface area contributed by atoms with Crippen molar-refractivity contribution in [2.75, 3.05) is 13.1 Å². The Morgan fingerprint density at radius 2 is 2.19 bits per heavy atom. The molecule has 0 aromatic carbocycles. The summed E-state index contributed by atoms with van der Waals surface area (Å²) in [5.41, 5.74) is -0.870. The summed E-state index contributed by atoms with van der Waals surface area (Å²) < 4.78 is 0. The van der Waals surface area contributed by atoms with Gasteiger partial charge in [0, 0.05) is 31.5 Å². The molecule has 1 rings (SSSR count). The van der Waals surface area contributed by atoms with E-state index in [0.717, 1.165) is 13.1 Å². The van der Waals surface area contributed by atoms with E-state index in [4.69, 9.17) is 0 Å². The number of piperidine rings is 1. The Labute approximate surface area is 98.7 Å². The highest BCUT2D eigenvalue weighted by Gasteiger charge is 2.40. The lowest BCUT2D eigenvalue weighted by molar-refractivity contribution is -0.0393. The third kappa shape index (κ3) is 2.75. The lowest BCUT2D eigenvalue weighted by Gasteiger charge is -2.44. The molecule has 0 bridgehead atoms. The second-order valence-corrected chi connectivity index (χ2v) is 4.59. The molecule has 1 fully saturated rings. The van der Waals surface area contributed by atoms with Crippen LogP contribution in [-0.2, 0) is 0 Å². The predicted octanol–water partition coefficient (Wildman–Crippen LogP) is 1.82. The van der Waals surface area contributed by atoms with Gasteiger partial charge in [-0.3, -0.25) is 4.90 Å². The van der Waals surface area contributed by atoms with Gasteiger partial charge in [-0.15, -0.1) is 6.58 Å². The van der Waals surface area contributed by atoms with Gasteiger partial charge in [-0.05, 0) is 13.0 Å². The van der Waals surface area contributed by atoms with Crippen molar-refractivity contribution in [2.24, 2.45) is 5.92 Å². The van der Waals surface area contributed by atoms with Crippen LogP contribution < -0.4 is 0 Å². The first kappa shape index (κ1) is 13.0. The van der Waals surface area contributed by atoms with Crippen LogP contribution in [0.1, 0.15) is 20.3 Å². The van der Waals surface area contributed by atoms with Gasteiger partial charge in [0.1, 0.15) is 5.60 Å². The summed E-state index contributed by atoms with van der Waals surface area (Å²) in [7, 11) is 0. The molecule has 0 saturated carbocycles. The average molecular weight is 219 g/mol. The number of likely N-dealkylation sites (tertiary alicyclic amines) is 1. The topological polar surface area (TPSA) is 23.5 Å². The fourth-order valence-corrected chi connectivity index (χ4v) is 2.23. The Kier molecular flexibility index (Phi) is 4.35. The fourth-order valence-electron chi connectivity index (χ4n) is 2.23. The Hall–Kier alpha value is -1.04. The molecule has 0 aromatic heterocycles. The molecule has 1 N–H and O–H groups in total. The van der Waals surface area contributed by atoms with Crippen LogP contribution in [0.15, 0.2) is 25.3 Å². The van der Waals surface area contributed by atoms with Crippen LogP contribution in [0.5, 0.6) is 0 Å². The maximum atomic E-state index is 10.5. The molecular weight excluding hydrogens is 198 g/mol. The maximum absolute atomic E-state index is 10.5. The van der Waals surface area contributed by atoms with Crippen LogP contribution in [-0.4, -0.2) is 34.7 Å². The normalized spacial score (nSPS) is 34.9. The Morgan fingerprint density at radius 3 is 2.75 bits per heavy atom. The minimum atomic E-state index is -0.870. The lowest BCUT2D eigenvalue weighted by atomic mass is 9.79. The van der Waals surface area contributed by atoms with Crippen molar-refractivity contribution in [3.8, 4) is 11.8 Å². The van der Waals surface area contributed by atoms with E-state index in [9.17, 15) is 5.11 Å². The van der Waals surface area contributed by atoms with E-state index in [-0.39, 0.29) is 5.92 Å². The summed E-state index contributed by atoms with van der Waals surface area (Å²) in [6, 6.07) is 0.332. The molecule has 0 amide bonds. The zero-order valence-corrected chi connectivity index (χ0v) is 10.2. The molecule has 1 saturated heterocycles. The first-order chi connectivity index (χ1) is 7.53. The number of allylic oxidation sites excluding steroid dienone is 1. The second kappa shape index (κ2) is 5.34. The van der Waals surface area contributed by atoms with Crippen molar-refractivity contribution in [3.05, 3.63) is 25.3 Å². The van der Waals surface area contributed by atoms with Gasteiger partial charge in [0.25, 0.3) is 0 Å². The van der Waals surface area contributed by atoms with Crippen molar-refractivity contribution < 1.29 is 5.11 Å². The SMILES string of the molecule is C=CC#CC1(O)CC(C)N(CC=C)CC1C. The molecular formula is C14H21NO. The summed E-state index contributed by atoms with van der Waals surface area (Å²) in [6.45, 7) is 13.2. The van der Waals surface area contributed by atoms with Crippen LogP contribution in [0.2, 0.25) is 0 Å². The van der Waals surface area contributed by atoms with Crippen LogP contribution in [0, 0.1) is 17.8 Å². The highest BCUT2D eigenvalue weighted by atomic mass is 16.3. The standard InChI is InChI=1S/C14H21NO/c1-5-7-8-14(16)10-13(4)15(9-6-2)11-12(14)3/h5-6,12-13,16H,1-2,9-11H2,3-4H3. The van der Waals surface area contributed by atoms with Gasteiger partial charge >= 0.3 is 0 Å². The largest absolute Gasteiger partial charge is 0.377 e. The summed E-state index contributed by atoms with van der Waals surface area (Å²) in [5.74, 6) is 5.86. The van der Waals surface area contributed by atoms with Crippen LogP contribution in [0.3, 0.4) is 0 Å². The quantitative estimate of drug-likeness (QED) is 0.566. The van der Waals surface area contributed by atoms with Crippen LogP contribution in [0.25, 0.3) is 0 Å². The van der Waals surface area contributed by atoms with E-state index in [1.807, 2.05) is 13.0 Å². The second-order valence-electron chi connectivity index (χ2n) is 4.59. The van der Waals surface area contributed by atoms with E-state index in [2.05, 4.69) is 36.8 Å². The fraction of sp³-hybridized carbons (Fsp3) is 0.571. The van der Waals surface area contributed by atoms with E-state index < -0.39 is 5.60 Å². The Morgan fingerprint density at radius 1 is 1.50 bits per heavy atom. The third-order valence-electron chi connectivity index (χ3n) is 3.31. The molecule has 3 atom stereocenters. The molecule has 1 heterocycles. The van der Waals surface area contributed by atoms with Gasteiger partial charge in [-0.2, -0.15) is 0 Å². The highest BCUT2D eigenvalue weighted by Crippen LogP contribution is 2.30. The molecule has 1 aliphatic rings. The Bertz CT molecular complexity index is 325. The van der Waals surface area contributed by atoms with E-state index in [1.54, 1.807) is 0 Å². The minimum Gasteiger partial charge on any atom is -0.377 e. The molecule has 0 radical (unpaired) electrons. The summed E-state index contributed by atoms with van der Waals surface area (Å²) in [5, 5.41) is 10.5. The van der Waals surface area contributed by atoms with Crippen molar-refractivity contribution in [1.29, 1.82) is 0 Å². The zero-order valence-electron chi connectivity index (χ0n) is 10.2. The molecule has 0 aliphatic carbocycles. The molecule has 3 unspecified atom stereocenters. The number of hydrogen-bond acceptors (Lipinski definition) is 2. The zero-order chi connectivity index (χ0) is 12.2. The molecule has 16 heavy (non-hydrogen) atoms. The van der Waals surface area contributed by atoms with Crippen molar-refractivity contribution in [3.63, 3.8) is 0 Å². The first-order valence-electron chi connectivity index (χ1n) is 5.74. The van der Waals surface area contributed by atoms with E-state index >= 15 is 0 Å². The van der Waals surface area contributed by atoms with Crippen molar-refractivity contribution >= 4 is 0 Å². The molecule has 0 aromatic rings. The van der Waals surface area contributed by atoms with Gasteiger partial charge in [0.2, 0.25) is 0 Å². The highest BCUT2D eigenvalue weighted by molar-refractivity contribution is 5.23. The smallest absolute Gasteiger partial charge is 0.131 e. The number of aliphatic hydroxyl groups is 1. The van der Waals surface area contributed by atoms with E-state index in [0.29, 0.717) is 12.5 Å². The predicted molar refractivity (Wildman–Crippen MR) is 67.9 cm³/mol. The number of rotatable bonds is 2. The van der Waals surface area contributed by atoms with E-state index in [1.165, 1.54) is 6.08 Å². The van der Waals surface area contributed by atoms with Gasteiger partial charge in [0.05, 0.1) is 0 Å². The lowest BCUT2D eigenvalue weighted by Crippen LogP contribution is -2.54. The van der Waals surface area contributed by atoms with Gasteiger partial charge in [0.15, 0.2) is 0 Å². The van der Waals surface area contributed by atoms with Crippen LogP contribution in [0.4, 0.5) is 0 Å². The van der Waals surface area contributed by atoms with Crippen molar-refractivity contribution in [2.45, 2.75) is 31.9 Å². The minimum absolute atomic E-state index is 0.149. The summed E-state index contributed by atoms with van der Waals surface area (Å²) in [4.78, 5) is 2.32. The van der Waals surface area contributed by atoms with Crippen LogP contribution >= 0.6 is 0 Å². The molecule has 0 spiro atoms. The molecule has 1 aliphatic heterocycles. The molecule has 2 heteroatoms.